The maximum absolute atomic E-state index is 13.3. The average Bonchev–Trinajstić information content (AvgIpc) is 2.22. The molecule has 0 fully saturated rings. The summed E-state index contributed by atoms with van der Waals surface area (Å²) >= 11 is 5.85. The van der Waals surface area contributed by atoms with Gasteiger partial charge in [0.2, 0.25) is 0 Å². The van der Waals surface area contributed by atoms with Crippen LogP contribution in [0, 0.1) is 5.82 Å². The lowest BCUT2D eigenvalue weighted by Crippen LogP contribution is -1.98. The van der Waals surface area contributed by atoms with E-state index in [0.29, 0.717) is 36.3 Å². The van der Waals surface area contributed by atoms with Crippen molar-refractivity contribution in [1.82, 2.24) is 0 Å². The van der Waals surface area contributed by atoms with Gasteiger partial charge in [0.15, 0.2) is 0 Å². The number of halogens is 2. The zero-order chi connectivity index (χ0) is 11.3. The van der Waals surface area contributed by atoms with Crippen LogP contribution in [-0.4, -0.2) is 5.78 Å². The molecule has 15 heavy (non-hydrogen) atoms. The molecule has 0 amide bonds. The first-order valence-electron chi connectivity index (χ1n) is 5.09. The molecule has 1 nitrogen and oxygen atoms in total. The lowest BCUT2D eigenvalue weighted by Gasteiger charge is -2.04. The third kappa shape index (κ3) is 3.63. The molecule has 3 heteroatoms. The lowest BCUT2D eigenvalue weighted by molar-refractivity contribution is -0.118. The summed E-state index contributed by atoms with van der Waals surface area (Å²) in [6.07, 6.45) is 2.23. The highest BCUT2D eigenvalue weighted by Crippen LogP contribution is 2.20. The molecule has 0 aromatic heterocycles. The van der Waals surface area contributed by atoms with E-state index < -0.39 is 0 Å². The van der Waals surface area contributed by atoms with Gasteiger partial charge in [-0.3, -0.25) is 4.79 Å². The van der Waals surface area contributed by atoms with Crippen LogP contribution in [0.25, 0.3) is 0 Å². The van der Waals surface area contributed by atoms with Crippen molar-refractivity contribution in [3.8, 4) is 0 Å². The summed E-state index contributed by atoms with van der Waals surface area (Å²) in [5, 5.41) is 0.443. The summed E-state index contributed by atoms with van der Waals surface area (Å²) < 4.78 is 13.3. The fourth-order valence-corrected chi connectivity index (χ4v) is 1.67. The third-order valence-electron chi connectivity index (χ3n) is 2.34. The number of ketones is 1. The molecule has 0 N–H and O–H groups in total. The molecule has 0 bridgehead atoms. The minimum Gasteiger partial charge on any atom is -0.300 e. The van der Waals surface area contributed by atoms with Crippen LogP contribution in [0.15, 0.2) is 18.2 Å². The van der Waals surface area contributed by atoms with E-state index in [2.05, 4.69) is 0 Å². The zero-order valence-electron chi connectivity index (χ0n) is 8.72. The Hall–Kier alpha value is -0.890. The van der Waals surface area contributed by atoms with E-state index in [9.17, 15) is 9.18 Å². The van der Waals surface area contributed by atoms with Crippen LogP contribution in [0.1, 0.15) is 31.7 Å². The third-order valence-corrected chi connectivity index (χ3v) is 2.69. The van der Waals surface area contributed by atoms with E-state index in [0.717, 1.165) is 0 Å². The fourth-order valence-electron chi connectivity index (χ4n) is 1.41. The van der Waals surface area contributed by atoms with Gasteiger partial charge in [-0.15, -0.1) is 0 Å². The van der Waals surface area contributed by atoms with Crippen molar-refractivity contribution < 1.29 is 9.18 Å². The van der Waals surface area contributed by atoms with Crippen LogP contribution >= 0.6 is 11.6 Å². The predicted octanol–water partition coefficient (Wildman–Crippen LogP) is 3.78. The molecule has 0 radical (unpaired) electrons. The zero-order valence-corrected chi connectivity index (χ0v) is 9.48. The van der Waals surface area contributed by atoms with Crippen LogP contribution in [0.3, 0.4) is 0 Å². The van der Waals surface area contributed by atoms with Gasteiger partial charge >= 0.3 is 0 Å². The predicted molar refractivity (Wildman–Crippen MR) is 59.6 cm³/mol. The van der Waals surface area contributed by atoms with Crippen molar-refractivity contribution in [1.29, 1.82) is 0 Å². The van der Waals surface area contributed by atoms with E-state index in [4.69, 9.17) is 11.6 Å². The molecule has 0 saturated carbocycles. The van der Waals surface area contributed by atoms with Gasteiger partial charge in [-0.05, 0) is 25.0 Å². The number of hydrogen-bond donors (Lipinski definition) is 0. The first kappa shape index (κ1) is 12.2. The molecule has 0 heterocycles. The van der Waals surface area contributed by atoms with Gasteiger partial charge in [0, 0.05) is 23.4 Å². The summed E-state index contributed by atoms with van der Waals surface area (Å²) in [7, 11) is 0. The molecule has 0 saturated heterocycles. The van der Waals surface area contributed by atoms with Crippen molar-refractivity contribution in [2.24, 2.45) is 0 Å². The second kappa shape index (κ2) is 5.86. The van der Waals surface area contributed by atoms with Crippen LogP contribution < -0.4 is 0 Å². The van der Waals surface area contributed by atoms with Crippen LogP contribution in [-0.2, 0) is 11.2 Å². The van der Waals surface area contributed by atoms with Gasteiger partial charge in [-0.1, -0.05) is 24.6 Å². The Morgan fingerprint density at radius 1 is 1.47 bits per heavy atom. The van der Waals surface area contributed by atoms with Crippen molar-refractivity contribution >= 4 is 17.4 Å². The summed E-state index contributed by atoms with van der Waals surface area (Å²) in [6, 6.07) is 4.64. The minimum atomic E-state index is -0.286. The standard InChI is InChI=1S/C12H14ClFO/c1-2-9(15)5-3-6-10-11(13)7-4-8-12(10)14/h4,7-8H,2-3,5-6H2,1H3. The van der Waals surface area contributed by atoms with E-state index in [1.807, 2.05) is 6.92 Å². The molecular weight excluding hydrogens is 215 g/mol. The van der Waals surface area contributed by atoms with Crippen LogP contribution in [0.4, 0.5) is 4.39 Å². The summed E-state index contributed by atoms with van der Waals surface area (Å²) in [5.74, 6) is -0.0751. The Balaban J connectivity index is 2.54. The van der Waals surface area contributed by atoms with E-state index in [1.54, 1.807) is 12.1 Å². The van der Waals surface area contributed by atoms with Crippen LogP contribution in [0.5, 0.6) is 0 Å². The SMILES string of the molecule is CCC(=O)CCCc1c(F)cccc1Cl. The first-order chi connectivity index (χ1) is 7.15. The maximum Gasteiger partial charge on any atom is 0.132 e. The Morgan fingerprint density at radius 2 is 2.20 bits per heavy atom. The fraction of sp³-hybridized carbons (Fsp3) is 0.417. The van der Waals surface area contributed by atoms with E-state index in [1.165, 1.54) is 6.07 Å². The van der Waals surface area contributed by atoms with Crippen molar-refractivity contribution in [3.63, 3.8) is 0 Å². The lowest BCUT2D eigenvalue weighted by atomic mass is 10.1. The average molecular weight is 229 g/mol. The first-order valence-corrected chi connectivity index (χ1v) is 5.47. The summed E-state index contributed by atoms with van der Waals surface area (Å²) in [6.45, 7) is 1.83. The Morgan fingerprint density at radius 3 is 2.80 bits per heavy atom. The molecule has 0 unspecified atom stereocenters. The molecule has 1 rings (SSSR count). The smallest absolute Gasteiger partial charge is 0.132 e. The Kier molecular flexibility index (Phi) is 4.76. The second-order valence-electron chi connectivity index (χ2n) is 3.45. The molecule has 1 aromatic rings. The van der Waals surface area contributed by atoms with Gasteiger partial charge in [0.25, 0.3) is 0 Å². The van der Waals surface area contributed by atoms with E-state index >= 15 is 0 Å². The molecule has 0 aliphatic carbocycles. The molecule has 0 spiro atoms. The Bertz CT molecular complexity index is 329. The maximum atomic E-state index is 13.3. The van der Waals surface area contributed by atoms with Crippen molar-refractivity contribution in [3.05, 3.63) is 34.6 Å². The number of carbonyl (C=O) groups excluding carboxylic acids is 1. The number of hydrogen-bond acceptors (Lipinski definition) is 1. The molecule has 0 aliphatic heterocycles. The van der Waals surface area contributed by atoms with Gasteiger partial charge in [0.05, 0.1) is 0 Å². The molecular formula is C12H14ClFO. The van der Waals surface area contributed by atoms with Crippen molar-refractivity contribution in [2.45, 2.75) is 32.6 Å². The molecule has 0 aliphatic rings. The van der Waals surface area contributed by atoms with Gasteiger partial charge in [-0.2, -0.15) is 0 Å². The number of Topliss-reactive ketones (excluding diaryl/α,β-unsaturated/α-hetero) is 1. The Labute approximate surface area is 94.3 Å². The van der Waals surface area contributed by atoms with Gasteiger partial charge in [0.1, 0.15) is 11.6 Å². The van der Waals surface area contributed by atoms with Gasteiger partial charge in [-0.25, -0.2) is 4.39 Å². The second-order valence-corrected chi connectivity index (χ2v) is 3.85. The number of benzene rings is 1. The highest BCUT2D eigenvalue weighted by atomic mass is 35.5. The highest BCUT2D eigenvalue weighted by molar-refractivity contribution is 6.31. The summed E-state index contributed by atoms with van der Waals surface area (Å²) in [4.78, 5) is 11.0. The summed E-state index contributed by atoms with van der Waals surface area (Å²) in [5.41, 5.74) is 0.517. The number of rotatable bonds is 5. The molecule has 82 valence electrons. The van der Waals surface area contributed by atoms with E-state index in [-0.39, 0.29) is 11.6 Å². The van der Waals surface area contributed by atoms with Crippen molar-refractivity contribution in [2.75, 3.05) is 0 Å². The minimum absolute atomic E-state index is 0.211. The largest absolute Gasteiger partial charge is 0.300 e. The molecule has 1 aromatic carbocycles. The van der Waals surface area contributed by atoms with Gasteiger partial charge < -0.3 is 0 Å². The highest BCUT2D eigenvalue weighted by Gasteiger charge is 2.07. The number of carbonyl (C=O) groups is 1. The molecule has 0 atom stereocenters. The van der Waals surface area contributed by atoms with Crippen LogP contribution in [0.2, 0.25) is 5.02 Å². The monoisotopic (exact) mass is 228 g/mol. The topological polar surface area (TPSA) is 17.1 Å². The normalized spacial score (nSPS) is 10.3. The quantitative estimate of drug-likeness (QED) is 0.750.